The van der Waals surface area contributed by atoms with E-state index in [1.807, 2.05) is 0 Å². The van der Waals surface area contributed by atoms with E-state index in [1.165, 1.54) is 43.9 Å². The molecule has 0 saturated carbocycles. The van der Waals surface area contributed by atoms with Gasteiger partial charge in [-0.05, 0) is 30.0 Å². The van der Waals surface area contributed by atoms with Crippen molar-refractivity contribution in [3.63, 3.8) is 0 Å². The molecule has 0 aromatic heterocycles. The lowest BCUT2D eigenvalue weighted by Gasteiger charge is -2.06. The van der Waals surface area contributed by atoms with Crippen LogP contribution in [0.25, 0.3) is 0 Å². The van der Waals surface area contributed by atoms with Gasteiger partial charge in [0.25, 0.3) is 0 Å². The van der Waals surface area contributed by atoms with Gasteiger partial charge in [-0.2, -0.15) is 0 Å². The third-order valence-electron chi connectivity index (χ3n) is 3.74. The standard InChI is InChI=1S/C10H10O4.C8H18/c1-2-6-7(9(11)12)4-3-5-8(6)10(13)14;1-4-6-7-8(3)5-2/h3-5H,2H2,1H3,(H,11,12)(H,13,14);8H,4-7H2,1-3H3. The fourth-order valence-corrected chi connectivity index (χ4v) is 2.13. The van der Waals surface area contributed by atoms with E-state index in [4.69, 9.17) is 10.2 Å². The van der Waals surface area contributed by atoms with Crippen LogP contribution in [0.4, 0.5) is 0 Å². The summed E-state index contributed by atoms with van der Waals surface area (Å²) in [5.41, 5.74) is 0.493. The van der Waals surface area contributed by atoms with Crippen LogP contribution in [0.15, 0.2) is 18.2 Å². The molecule has 22 heavy (non-hydrogen) atoms. The number of aromatic carboxylic acids is 2. The van der Waals surface area contributed by atoms with Gasteiger partial charge in [-0.1, -0.05) is 59.4 Å². The van der Waals surface area contributed by atoms with Crippen LogP contribution in [0.3, 0.4) is 0 Å². The molecule has 0 bridgehead atoms. The summed E-state index contributed by atoms with van der Waals surface area (Å²) in [6.45, 7) is 8.58. The number of carbonyl (C=O) groups is 2. The van der Waals surface area contributed by atoms with Crippen molar-refractivity contribution in [3.8, 4) is 0 Å². The number of unbranched alkanes of at least 4 members (excludes halogenated alkanes) is 1. The van der Waals surface area contributed by atoms with Crippen molar-refractivity contribution < 1.29 is 19.8 Å². The van der Waals surface area contributed by atoms with E-state index < -0.39 is 11.9 Å². The highest BCUT2D eigenvalue weighted by atomic mass is 16.4. The van der Waals surface area contributed by atoms with Gasteiger partial charge in [-0.3, -0.25) is 0 Å². The molecule has 0 aliphatic heterocycles. The van der Waals surface area contributed by atoms with Crippen molar-refractivity contribution in [2.45, 2.75) is 59.8 Å². The molecule has 4 heteroatoms. The minimum absolute atomic E-state index is 0.0624. The second-order valence-corrected chi connectivity index (χ2v) is 5.45. The summed E-state index contributed by atoms with van der Waals surface area (Å²) < 4.78 is 0. The molecular formula is C18H28O4. The Morgan fingerprint density at radius 2 is 1.55 bits per heavy atom. The SMILES string of the molecule is CCCCC(C)CC.CCc1c(C(=O)O)cccc1C(=O)O. The molecule has 1 aromatic rings. The summed E-state index contributed by atoms with van der Waals surface area (Å²) in [5.74, 6) is -1.23. The quantitative estimate of drug-likeness (QED) is 0.753. The van der Waals surface area contributed by atoms with Gasteiger partial charge in [-0.25, -0.2) is 9.59 Å². The van der Waals surface area contributed by atoms with Gasteiger partial charge < -0.3 is 10.2 Å². The second kappa shape index (κ2) is 10.8. The van der Waals surface area contributed by atoms with E-state index in [0.29, 0.717) is 12.0 Å². The van der Waals surface area contributed by atoms with E-state index in [0.717, 1.165) is 5.92 Å². The first kappa shape index (κ1) is 20.2. The Bertz CT molecular complexity index is 448. The summed E-state index contributed by atoms with van der Waals surface area (Å²) in [6.07, 6.45) is 5.93. The maximum atomic E-state index is 10.8. The first-order valence-corrected chi connectivity index (χ1v) is 7.97. The summed E-state index contributed by atoms with van der Waals surface area (Å²) in [5, 5.41) is 17.6. The first-order valence-electron chi connectivity index (χ1n) is 7.97. The van der Waals surface area contributed by atoms with E-state index >= 15 is 0 Å². The lowest BCUT2D eigenvalue weighted by molar-refractivity contribution is 0.0695. The lowest BCUT2D eigenvalue weighted by atomic mass is 9.99. The Morgan fingerprint density at radius 1 is 1.05 bits per heavy atom. The maximum absolute atomic E-state index is 10.8. The molecule has 1 atom stereocenters. The zero-order valence-corrected chi connectivity index (χ0v) is 14.1. The molecule has 4 nitrogen and oxygen atoms in total. The second-order valence-electron chi connectivity index (χ2n) is 5.45. The molecular weight excluding hydrogens is 280 g/mol. The third-order valence-corrected chi connectivity index (χ3v) is 3.74. The molecule has 0 radical (unpaired) electrons. The molecule has 0 heterocycles. The number of rotatable bonds is 7. The minimum atomic E-state index is -1.09. The fraction of sp³-hybridized carbons (Fsp3) is 0.556. The zero-order chi connectivity index (χ0) is 17.1. The van der Waals surface area contributed by atoms with Crippen LogP contribution in [0.1, 0.15) is 79.7 Å². The van der Waals surface area contributed by atoms with E-state index in [2.05, 4.69) is 20.8 Å². The Kier molecular flexibility index (Phi) is 9.92. The van der Waals surface area contributed by atoms with Crippen molar-refractivity contribution in [2.75, 3.05) is 0 Å². The van der Waals surface area contributed by atoms with Crippen LogP contribution in [0.2, 0.25) is 0 Å². The largest absolute Gasteiger partial charge is 0.478 e. The highest BCUT2D eigenvalue weighted by Gasteiger charge is 2.15. The molecule has 0 amide bonds. The number of hydrogen-bond donors (Lipinski definition) is 2. The number of carboxylic acids is 2. The number of benzene rings is 1. The fourth-order valence-electron chi connectivity index (χ4n) is 2.13. The molecule has 1 aromatic carbocycles. The van der Waals surface area contributed by atoms with Crippen molar-refractivity contribution >= 4 is 11.9 Å². The molecule has 1 rings (SSSR count). The van der Waals surface area contributed by atoms with Gasteiger partial charge >= 0.3 is 11.9 Å². The van der Waals surface area contributed by atoms with Crippen LogP contribution >= 0.6 is 0 Å². The van der Waals surface area contributed by atoms with Crippen molar-refractivity contribution in [3.05, 3.63) is 34.9 Å². The lowest BCUT2D eigenvalue weighted by Crippen LogP contribution is -2.08. The summed E-state index contributed by atoms with van der Waals surface area (Å²) in [7, 11) is 0. The monoisotopic (exact) mass is 308 g/mol. The molecule has 1 unspecified atom stereocenters. The van der Waals surface area contributed by atoms with Gasteiger partial charge in [0.15, 0.2) is 0 Å². The Hall–Kier alpha value is -1.84. The first-order chi connectivity index (χ1) is 10.4. The van der Waals surface area contributed by atoms with Gasteiger partial charge in [0.1, 0.15) is 0 Å². The third kappa shape index (κ3) is 6.74. The van der Waals surface area contributed by atoms with Gasteiger partial charge in [0.2, 0.25) is 0 Å². The van der Waals surface area contributed by atoms with Crippen molar-refractivity contribution in [1.29, 1.82) is 0 Å². The van der Waals surface area contributed by atoms with E-state index in [9.17, 15) is 9.59 Å². The van der Waals surface area contributed by atoms with E-state index in [1.54, 1.807) is 6.92 Å². The van der Waals surface area contributed by atoms with Crippen LogP contribution in [0, 0.1) is 5.92 Å². The van der Waals surface area contributed by atoms with Gasteiger partial charge in [0.05, 0.1) is 11.1 Å². The van der Waals surface area contributed by atoms with Gasteiger partial charge in [0, 0.05) is 0 Å². The normalized spacial score (nSPS) is 11.3. The molecule has 0 saturated heterocycles. The Morgan fingerprint density at radius 3 is 1.86 bits per heavy atom. The topological polar surface area (TPSA) is 74.6 Å². The van der Waals surface area contributed by atoms with Crippen molar-refractivity contribution in [2.24, 2.45) is 5.92 Å². The predicted octanol–water partition coefficient (Wildman–Crippen LogP) is 4.87. The molecule has 0 fully saturated rings. The van der Waals surface area contributed by atoms with Crippen LogP contribution < -0.4 is 0 Å². The maximum Gasteiger partial charge on any atom is 0.335 e. The van der Waals surface area contributed by atoms with Gasteiger partial charge in [-0.15, -0.1) is 0 Å². The average molecular weight is 308 g/mol. The zero-order valence-electron chi connectivity index (χ0n) is 14.1. The highest BCUT2D eigenvalue weighted by Crippen LogP contribution is 2.15. The summed E-state index contributed by atoms with van der Waals surface area (Å²) in [4.78, 5) is 21.5. The molecule has 124 valence electrons. The molecule has 0 spiro atoms. The average Bonchev–Trinajstić information content (AvgIpc) is 2.51. The van der Waals surface area contributed by atoms with E-state index in [-0.39, 0.29) is 11.1 Å². The predicted molar refractivity (Wildman–Crippen MR) is 88.7 cm³/mol. The molecule has 2 N–H and O–H groups in total. The number of carboxylic acid groups (broad SMARTS) is 2. The number of hydrogen-bond acceptors (Lipinski definition) is 2. The Balaban J connectivity index is 0.000000472. The smallest absolute Gasteiger partial charge is 0.335 e. The minimum Gasteiger partial charge on any atom is -0.478 e. The summed E-state index contributed by atoms with van der Waals surface area (Å²) >= 11 is 0. The Labute approximate surface area is 133 Å². The van der Waals surface area contributed by atoms with Crippen LogP contribution in [-0.2, 0) is 6.42 Å². The van der Waals surface area contributed by atoms with Crippen molar-refractivity contribution in [1.82, 2.24) is 0 Å². The summed E-state index contributed by atoms with van der Waals surface area (Å²) in [6, 6.07) is 4.26. The van der Waals surface area contributed by atoms with Crippen LogP contribution in [-0.4, -0.2) is 22.2 Å². The highest BCUT2D eigenvalue weighted by molar-refractivity contribution is 5.96. The molecule has 0 aliphatic carbocycles. The van der Waals surface area contributed by atoms with Crippen LogP contribution in [0.5, 0.6) is 0 Å². The molecule has 0 aliphatic rings.